The Morgan fingerprint density at radius 3 is 2.57 bits per heavy atom. The second-order valence-corrected chi connectivity index (χ2v) is 4.19. The summed E-state index contributed by atoms with van der Waals surface area (Å²) in [4.78, 5) is 11.4. The number of hydrogen-bond acceptors (Lipinski definition) is 3. The number of esters is 1. The fourth-order valence-corrected chi connectivity index (χ4v) is 1.49. The van der Waals surface area contributed by atoms with Crippen molar-refractivity contribution in [1.29, 1.82) is 0 Å². The van der Waals surface area contributed by atoms with Crippen molar-refractivity contribution in [2.45, 2.75) is 32.8 Å². The molecule has 1 aliphatic rings. The fourth-order valence-electron chi connectivity index (χ4n) is 1.49. The lowest BCUT2D eigenvalue weighted by Gasteiger charge is -2.31. The zero-order valence-electron chi connectivity index (χ0n) is 9.13. The number of carbonyl (C=O) groups is 1. The van der Waals surface area contributed by atoms with Crippen LogP contribution in [0, 0.1) is 5.92 Å². The topological polar surface area (TPSA) is 35.5 Å². The maximum atomic E-state index is 11.4. The molecule has 0 N–H and O–H groups in total. The number of hydrogen-bond donors (Lipinski definition) is 0. The van der Waals surface area contributed by atoms with Crippen LogP contribution in [0.25, 0.3) is 0 Å². The summed E-state index contributed by atoms with van der Waals surface area (Å²) in [6, 6.07) is 0. The molecule has 0 radical (unpaired) electrons. The van der Waals surface area contributed by atoms with Crippen molar-refractivity contribution in [2.75, 3.05) is 13.2 Å². The van der Waals surface area contributed by atoms with Crippen LogP contribution in [-0.4, -0.2) is 24.8 Å². The Labute approximate surface area is 85.1 Å². The van der Waals surface area contributed by atoms with E-state index in [9.17, 15) is 4.79 Å². The zero-order chi connectivity index (χ0) is 10.8. The molecule has 0 amide bonds. The van der Waals surface area contributed by atoms with E-state index in [1.165, 1.54) is 0 Å². The summed E-state index contributed by atoms with van der Waals surface area (Å²) >= 11 is 0. The van der Waals surface area contributed by atoms with Crippen LogP contribution in [-0.2, 0) is 14.3 Å². The predicted molar refractivity (Wildman–Crippen MR) is 53.9 cm³/mol. The average Bonchev–Trinajstić information content (AvgIpc) is 2.53. The molecular formula is C11H18O3. The van der Waals surface area contributed by atoms with Crippen LogP contribution in [0.15, 0.2) is 12.2 Å². The van der Waals surface area contributed by atoms with Crippen LogP contribution in [0.2, 0.25) is 0 Å². The fraction of sp³-hybridized carbons (Fsp3) is 0.727. The first kappa shape index (κ1) is 11.2. The van der Waals surface area contributed by atoms with Gasteiger partial charge in [0.05, 0.1) is 13.2 Å². The summed E-state index contributed by atoms with van der Waals surface area (Å²) in [5, 5.41) is 0. The smallest absolute Gasteiger partial charge is 0.333 e. The normalized spacial score (nSPS) is 26.6. The summed E-state index contributed by atoms with van der Waals surface area (Å²) in [5.74, 6) is -0.0440. The van der Waals surface area contributed by atoms with Crippen molar-refractivity contribution < 1.29 is 14.3 Å². The van der Waals surface area contributed by atoms with E-state index >= 15 is 0 Å². The third kappa shape index (κ3) is 2.15. The summed E-state index contributed by atoms with van der Waals surface area (Å²) in [6.45, 7) is 10.5. The van der Waals surface area contributed by atoms with Gasteiger partial charge in [-0.3, -0.25) is 0 Å². The molecule has 1 heterocycles. The lowest BCUT2D eigenvalue weighted by atomic mass is 9.89. The van der Waals surface area contributed by atoms with Crippen LogP contribution in [0.3, 0.4) is 0 Å². The van der Waals surface area contributed by atoms with Crippen LogP contribution < -0.4 is 0 Å². The molecule has 1 rings (SSSR count). The lowest BCUT2D eigenvalue weighted by molar-refractivity contribution is -0.159. The molecule has 0 aromatic carbocycles. The van der Waals surface area contributed by atoms with E-state index < -0.39 is 5.60 Å². The SMILES string of the molecule is C=C(C)C(=O)OC1(C(C)C)CCOC1. The van der Waals surface area contributed by atoms with Crippen molar-refractivity contribution in [3.8, 4) is 0 Å². The summed E-state index contributed by atoms with van der Waals surface area (Å²) in [7, 11) is 0. The van der Waals surface area contributed by atoms with Gasteiger partial charge in [-0.05, 0) is 12.8 Å². The van der Waals surface area contributed by atoms with Crippen LogP contribution in [0.4, 0.5) is 0 Å². The van der Waals surface area contributed by atoms with Crippen molar-refractivity contribution >= 4 is 5.97 Å². The second-order valence-electron chi connectivity index (χ2n) is 4.19. The van der Waals surface area contributed by atoms with Gasteiger partial charge in [-0.25, -0.2) is 4.79 Å². The van der Waals surface area contributed by atoms with Crippen molar-refractivity contribution in [1.82, 2.24) is 0 Å². The lowest BCUT2D eigenvalue weighted by Crippen LogP contribution is -2.41. The van der Waals surface area contributed by atoms with E-state index in [2.05, 4.69) is 6.58 Å². The van der Waals surface area contributed by atoms with E-state index in [0.717, 1.165) is 6.42 Å². The zero-order valence-corrected chi connectivity index (χ0v) is 9.13. The quantitative estimate of drug-likeness (QED) is 0.513. The Bertz CT molecular complexity index is 237. The third-order valence-electron chi connectivity index (χ3n) is 2.71. The Kier molecular flexibility index (Phi) is 3.32. The number of carbonyl (C=O) groups excluding carboxylic acids is 1. The summed E-state index contributed by atoms with van der Waals surface area (Å²) < 4.78 is 10.8. The van der Waals surface area contributed by atoms with Gasteiger partial charge in [0, 0.05) is 12.0 Å². The van der Waals surface area contributed by atoms with Crippen LogP contribution in [0.1, 0.15) is 27.2 Å². The first-order valence-corrected chi connectivity index (χ1v) is 4.94. The molecule has 0 spiro atoms. The van der Waals surface area contributed by atoms with Gasteiger partial charge in [0.2, 0.25) is 0 Å². The standard InChI is InChI=1S/C11H18O3/c1-8(2)10(12)14-11(9(3)4)5-6-13-7-11/h9H,1,5-7H2,2-4H3. The highest BCUT2D eigenvalue weighted by Gasteiger charge is 2.41. The minimum absolute atomic E-state index is 0.272. The van der Waals surface area contributed by atoms with Gasteiger partial charge in [-0.15, -0.1) is 0 Å². The van der Waals surface area contributed by atoms with Gasteiger partial charge < -0.3 is 9.47 Å². The highest BCUT2D eigenvalue weighted by molar-refractivity contribution is 5.87. The number of rotatable bonds is 3. The van der Waals surface area contributed by atoms with Crippen LogP contribution in [0.5, 0.6) is 0 Å². The predicted octanol–water partition coefficient (Wildman–Crippen LogP) is 1.92. The largest absolute Gasteiger partial charge is 0.453 e. The molecule has 0 aliphatic carbocycles. The highest BCUT2D eigenvalue weighted by Crippen LogP contribution is 2.31. The van der Waals surface area contributed by atoms with Crippen molar-refractivity contribution in [3.63, 3.8) is 0 Å². The molecule has 3 nitrogen and oxygen atoms in total. The molecule has 3 heteroatoms. The molecule has 0 aromatic heterocycles. The van der Waals surface area contributed by atoms with Crippen molar-refractivity contribution in [2.24, 2.45) is 5.92 Å². The Balaban J connectivity index is 2.70. The van der Waals surface area contributed by atoms with Crippen molar-refractivity contribution in [3.05, 3.63) is 12.2 Å². The molecule has 0 aromatic rings. The van der Waals surface area contributed by atoms with Gasteiger partial charge in [0.15, 0.2) is 0 Å². The average molecular weight is 198 g/mol. The van der Waals surface area contributed by atoms with Gasteiger partial charge in [0.1, 0.15) is 5.60 Å². The molecule has 0 saturated carbocycles. The maximum Gasteiger partial charge on any atom is 0.333 e. The maximum absolute atomic E-state index is 11.4. The van der Waals surface area contributed by atoms with E-state index in [4.69, 9.17) is 9.47 Å². The Hall–Kier alpha value is -0.830. The van der Waals surface area contributed by atoms with E-state index in [1.807, 2.05) is 13.8 Å². The number of ether oxygens (including phenoxy) is 2. The highest BCUT2D eigenvalue weighted by atomic mass is 16.6. The Morgan fingerprint density at radius 1 is 1.57 bits per heavy atom. The van der Waals surface area contributed by atoms with Gasteiger partial charge in [-0.1, -0.05) is 20.4 Å². The molecule has 1 unspecified atom stereocenters. The Morgan fingerprint density at radius 2 is 2.21 bits per heavy atom. The first-order chi connectivity index (χ1) is 6.48. The molecule has 80 valence electrons. The monoisotopic (exact) mass is 198 g/mol. The second kappa shape index (κ2) is 4.13. The summed E-state index contributed by atoms with van der Waals surface area (Å²) in [6.07, 6.45) is 0.781. The third-order valence-corrected chi connectivity index (χ3v) is 2.71. The van der Waals surface area contributed by atoms with E-state index in [1.54, 1.807) is 6.92 Å². The van der Waals surface area contributed by atoms with E-state index in [0.29, 0.717) is 18.8 Å². The minimum atomic E-state index is -0.434. The van der Waals surface area contributed by atoms with Gasteiger partial charge in [0.25, 0.3) is 0 Å². The first-order valence-electron chi connectivity index (χ1n) is 4.94. The molecule has 1 fully saturated rings. The molecule has 1 saturated heterocycles. The summed E-state index contributed by atoms with van der Waals surface area (Å²) in [5.41, 5.74) is 0.00711. The molecule has 14 heavy (non-hydrogen) atoms. The minimum Gasteiger partial charge on any atom is -0.453 e. The molecular weight excluding hydrogens is 180 g/mol. The molecule has 0 bridgehead atoms. The molecule has 1 atom stereocenters. The molecule has 1 aliphatic heterocycles. The van der Waals surface area contributed by atoms with Gasteiger partial charge in [-0.2, -0.15) is 0 Å². The van der Waals surface area contributed by atoms with Crippen LogP contribution >= 0.6 is 0 Å². The van der Waals surface area contributed by atoms with Gasteiger partial charge >= 0.3 is 5.97 Å². The van der Waals surface area contributed by atoms with E-state index in [-0.39, 0.29) is 11.9 Å².